The van der Waals surface area contributed by atoms with Gasteiger partial charge in [0.15, 0.2) is 6.61 Å². The smallest absolute Gasteiger partial charge is 0.355 e. The average Bonchev–Trinajstić information content (AvgIpc) is 3.05. The number of aryl methyl sites for hydroxylation is 1. The SMILES string of the molecule is C[C@@H](NC(=O)COC(=O)c1cccn1C)c1cccc2ccccc12. The topological polar surface area (TPSA) is 60.3 Å². The van der Waals surface area contributed by atoms with E-state index in [-0.39, 0.29) is 18.6 Å². The Bertz CT molecular complexity index is 909. The zero-order chi connectivity index (χ0) is 17.8. The largest absolute Gasteiger partial charge is 0.451 e. The number of nitrogens with one attached hydrogen (secondary N) is 1. The second-order valence-electron chi connectivity index (χ2n) is 5.94. The molecule has 0 saturated carbocycles. The van der Waals surface area contributed by atoms with Gasteiger partial charge in [-0.1, -0.05) is 42.5 Å². The Morgan fingerprint density at radius 3 is 2.60 bits per heavy atom. The second-order valence-corrected chi connectivity index (χ2v) is 5.94. The maximum absolute atomic E-state index is 12.1. The van der Waals surface area contributed by atoms with Crippen molar-refractivity contribution >= 4 is 22.6 Å². The van der Waals surface area contributed by atoms with Crippen LogP contribution in [0.1, 0.15) is 29.0 Å². The molecule has 0 radical (unpaired) electrons. The quantitative estimate of drug-likeness (QED) is 0.728. The summed E-state index contributed by atoms with van der Waals surface area (Å²) in [6.07, 6.45) is 1.75. The highest BCUT2D eigenvalue weighted by Gasteiger charge is 2.15. The van der Waals surface area contributed by atoms with Crippen molar-refractivity contribution < 1.29 is 14.3 Å². The number of benzene rings is 2. The van der Waals surface area contributed by atoms with Gasteiger partial charge in [-0.2, -0.15) is 0 Å². The molecule has 1 atom stereocenters. The highest BCUT2D eigenvalue weighted by Crippen LogP contribution is 2.23. The third-order valence-corrected chi connectivity index (χ3v) is 4.15. The number of rotatable bonds is 5. The maximum Gasteiger partial charge on any atom is 0.355 e. The van der Waals surface area contributed by atoms with Crippen LogP contribution in [0.2, 0.25) is 0 Å². The molecule has 0 unspecified atom stereocenters. The van der Waals surface area contributed by atoms with Gasteiger partial charge in [0.25, 0.3) is 5.91 Å². The van der Waals surface area contributed by atoms with Gasteiger partial charge in [0, 0.05) is 13.2 Å². The lowest BCUT2D eigenvalue weighted by Crippen LogP contribution is -2.31. The number of carbonyl (C=O) groups is 2. The summed E-state index contributed by atoms with van der Waals surface area (Å²) in [5, 5.41) is 5.10. The first kappa shape index (κ1) is 16.8. The minimum absolute atomic E-state index is 0.188. The van der Waals surface area contributed by atoms with Gasteiger partial charge in [-0.3, -0.25) is 4.79 Å². The fraction of sp³-hybridized carbons (Fsp3) is 0.200. The maximum atomic E-state index is 12.1. The van der Waals surface area contributed by atoms with Crippen molar-refractivity contribution in [3.8, 4) is 0 Å². The van der Waals surface area contributed by atoms with Crippen molar-refractivity contribution in [1.29, 1.82) is 0 Å². The van der Waals surface area contributed by atoms with E-state index in [1.165, 1.54) is 0 Å². The summed E-state index contributed by atoms with van der Waals surface area (Å²) in [7, 11) is 1.75. The molecule has 2 aromatic carbocycles. The molecule has 3 aromatic rings. The van der Waals surface area contributed by atoms with E-state index in [4.69, 9.17) is 4.74 Å². The lowest BCUT2D eigenvalue weighted by atomic mass is 10.00. The molecular weight excluding hydrogens is 316 g/mol. The zero-order valence-electron chi connectivity index (χ0n) is 14.2. The minimum atomic E-state index is -0.513. The van der Waals surface area contributed by atoms with Gasteiger partial charge >= 0.3 is 5.97 Å². The van der Waals surface area contributed by atoms with Crippen LogP contribution in [0.3, 0.4) is 0 Å². The number of aromatic nitrogens is 1. The van der Waals surface area contributed by atoms with Gasteiger partial charge in [-0.15, -0.1) is 0 Å². The molecule has 3 rings (SSSR count). The second kappa shape index (κ2) is 7.21. The Morgan fingerprint density at radius 1 is 1.08 bits per heavy atom. The van der Waals surface area contributed by atoms with E-state index in [0.717, 1.165) is 16.3 Å². The number of carbonyl (C=O) groups excluding carboxylic acids is 2. The Morgan fingerprint density at radius 2 is 1.84 bits per heavy atom. The summed E-state index contributed by atoms with van der Waals surface area (Å²) in [5.41, 5.74) is 1.44. The molecule has 0 aliphatic carbocycles. The average molecular weight is 336 g/mol. The first-order valence-electron chi connectivity index (χ1n) is 8.12. The fourth-order valence-electron chi connectivity index (χ4n) is 2.87. The molecular formula is C20H20N2O3. The molecule has 0 saturated heterocycles. The van der Waals surface area contributed by atoms with E-state index >= 15 is 0 Å². The fourth-order valence-corrected chi connectivity index (χ4v) is 2.87. The summed E-state index contributed by atoms with van der Waals surface area (Å²) >= 11 is 0. The molecule has 1 heterocycles. The molecule has 0 fully saturated rings. The highest BCUT2D eigenvalue weighted by atomic mass is 16.5. The van der Waals surface area contributed by atoms with Crippen molar-refractivity contribution in [2.45, 2.75) is 13.0 Å². The number of nitrogens with zero attached hydrogens (tertiary/aromatic N) is 1. The number of fused-ring (bicyclic) bond motifs is 1. The normalized spacial score (nSPS) is 11.9. The van der Waals surface area contributed by atoms with Crippen molar-refractivity contribution in [1.82, 2.24) is 9.88 Å². The standard InChI is InChI=1S/C20H20N2O3/c1-14(16-10-5-8-15-7-3-4-9-17(15)16)21-19(23)13-25-20(24)18-11-6-12-22(18)2/h3-12,14H,13H2,1-2H3,(H,21,23)/t14-/m1/s1. The third kappa shape index (κ3) is 3.71. The number of ether oxygens (including phenoxy) is 1. The Hall–Kier alpha value is -3.08. The summed E-state index contributed by atoms with van der Waals surface area (Å²) in [5.74, 6) is -0.844. The van der Waals surface area contributed by atoms with Crippen LogP contribution in [0, 0.1) is 0 Å². The first-order chi connectivity index (χ1) is 12.1. The van der Waals surface area contributed by atoms with Crippen LogP contribution in [0.15, 0.2) is 60.8 Å². The molecule has 1 aromatic heterocycles. The minimum Gasteiger partial charge on any atom is -0.451 e. The van der Waals surface area contributed by atoms with E-state index in [9.17, 15) is 9.59 Å². The van der Waals surface area contributed by atoms with E-state index < -0.39 is 5.97 Å². The molecule has 1 N–H and O–H groups in total. The lowest BCUT2D eigenvalue weighted by molar-refractivity contribution is -0.124. The summed E-state index contributed by atoms with van der Waals surface area (Å²) in [6, 6.07) is 17.2. The van der Waals surface area contributed by atoms with Crippen LogP contribution in [-0.4, -0.2) is 23.1 Å². The number of esters is 1. The molecule has 0 aliphatic heterocycles. The van der Waals surface area contributed by atoms with Crippen LogP contribution < -0.4 is 5.32 Å². The third-order valence-electron chi connectivity index (χ3n) is 4.15. The Labute approximate surface area is 146 Å². The molecule has 5 nitrogen and oxygen atoms in total. The van der Waals surface area contributed by atoms with Crippen molar-refractivity contribution in [2.24, 2.45) is 7.05 Å². The van der Waals surface area contributed by atoms with Gasteiger partial charge in [0.1, 0.15) is 5.69 Å². The molecule has 128 valence electrons. The van der Waals surface area contributed by atoms with Gasteiger partial charge in [-0.25, -0.2) is 4.79 Å². The number of hydrogen-bond acceptors (Lipinski definition) is 3. The van der Waals surface area contributed by atoms with Crippen molar-refractivity contribution in [2.75, 3.05) is 6.61 Å². The molecule has 5 heteroatoms. The number of amides is 1. The van der Waals surface area contributed by atoms with E-state index in [1.54, 1.807) is 29.9 Å². The molecule has 0 aliphatic rings. The van der Waals surface area contributed by atoms with Crippen LogP contribution in [0.25, 0.3) is 10.8 Å². The molecule has 0 spiro atoms. The van der Waals surface area contributed by atoms with Crippen LogP contribution in [0.4, 0.5) is 0 Å². The summed E-state index contributed by atoms with van der Waals surface area (Å²) in [4.78, 5) is 24.1. The first-order valence-corrected chi connectivity index (χ1v) is 8.12. The van der Waals surface area contributed by atoms with Crippen molar-refractivity contribution in [3.05, 3.63) is 72.1 Å². The van der Waals surface area contributed by atoms with E-state index in [2.05, 4.69) is 5.32 Å². The van der Waals surface area contributed by atoms with Crippen LogP contribution in [-0.2, 0) is 16.6 Å². The summed E-state index contributed by atoms with van der Waals surface area (Å²) in [6.45, 7) is 1.61. The van der Waals surface area contributed by atoms with Gasteiger partial charge in [0.05, 0.1) is 6.04 Å². The molecule has 1 amide bonds. The zero-order valence-corrected chi connectivity index (χ0v) is 14.2. The highest BCUT2D eigenvalue weighted by molar-refractivity contribution is 5.90. The predicted molar refractivity (Wildman–Crippen MR) is 96.2 cm³/mol. The van der Waals surface area contributed by atoms with Gasteiger partial charge in [-0.05, 0) is 35.4 Å². The van der Waals surface area contributed by atoms with Crippen LogP contribution >= 0.6 is 0 Å². The van der Waals surface area contributed by atoms with Crippen LogP contribution in [0.5, 0.6) is 0 Å². The Balaban J connectivity index is 1.62. The van der Waals surface area contributed by atoms with Gasteiger partial charge in [0.2, 0.25) is 0 Å². The summed E-state index contributed by atoms with van der Waals surface area (Å²) < 4.78 is 6.73. The monoisotopic (exact) mass is 336 g/mol. The van der Waals surface area contributed by atoms with Gasteiger partial charge < -0.3 is 14.6 Å². The van der Waals surface area contributed by atoms with E-state index in [1.807, 2.05) is 49.4 Å². The molecule has 25 heavy (non-hydrogen) atoms. The number of hydrogen-bond donors (Lipinski definition) is 1. The Kier molecular flexibility index (Phi) is 4.84. The molecule has 0 bridgehead atoms. The van der Waals surface area contributed by atoms with Crippen molar-refractivity contribution in [3.63, 3.8) is 0 Å². The predicted octanol–water partition coefficient (Wildman–Crippen LogP) is 3.21. The lowest BCUT2D eigenvalue weighted by Gasteiger charge is -2.16. The van der Waals surface area contributed by atoms with E-state index in [0.29, 0.717) is 5.69 Å².